The summed E-state index contributed by atoms with van der Waals surface area (Å²) >= 11 is 0. The molecule has 0 aromatic heterocycles. The molecule has 1 aliphatic carbocycles. The molecule has 1 rings (SSSR count). The van der Waals surface area contributed by atoms with Gasteiger partial charge in [0.1, 0.15) is 0 Å². The molecule has 0 bridgehead atoms. The fourth-order valence-electron chi connectivity index (χ4n) is 2.56. The van der Waals surface area contributed by atoms with Gasteiger partial charge in [0.25, 0.3) is 0 Å². The van der Waals surface area contributed by atoms with Gasteiger partial charge in [0, 0.05) is 19.6 Å². The number of hydrazine groups is 1. The third kappa shape index (κ3) is 11.6. The molecule has 0 aromatic carbocycles. The Balaban J connectivity index is 0.000000428. The van der Waals surface area contributed by atoms with Gasteiger partial charge in [0.15, 0.2) is 0 Å². The highest BCUT2D eigenvalue weighted by Gasteiger charge is 2.10. The summed E-state index contributed by atoms with van der Waals surface area (Å²) in [6.45, 7) is 8.94. The highest BCUT2D eigenvalue weighted by molar-refractivity contribution is 4.63. The third-order valence-electron chi connectivity index (χ3n) is 3.67. The van der Waals surface area contributed by atoms with E-state index < -0.39 is 0 Å². The van der Waals surface area contributed by atoms with Gasteiger partial charge in [0.2, 0.25) is 0 Å². The minimum Gasteiger partial charge on any atom is -0.390 e. The summed E-state index contributed by atoms with van der Waals surface area (Å²) in [5, 5.41) is 14.5. The molecule has 0 radical (unpaired) electrons. The van der Waals surface area contributed by atoms with Gasteiger partial charge in [0.05, 0.1) is 6.10 Å². The number of hydrogen-bond acceptors (Lipinski definition) is 4. The molecule has 20 heavy (non-hydrogen) atoms. The quantitative estimate of drug-likeness (QED) is 0.629. The first-order valence-corrected chi connectivity index (χ1v) is 8.24. The minimum absolute atomic E-state index is 0.309. The molecule has 4 heteroatoms. The van der Waals surface area contributed by atoms with E-state index in [0.29, 0.717) is 19.0 Å². The molecule has 1 aliphatic rings. The van der Waals surface area contributed by atoms with E-state index in [9.17, 15) is 5.11 Å². The van der Waals surface area contributed by atoms with Crippen LogP contribution >= 0.6 is 0 Å². The molecule has 0 saturated heterocycles. The highest BCUT2D eigenvalue weighted by atomic mass is 16.3. The Morgan fingerprint density at radius 3 is 2.05 bits per heavy atom. The zero-order valence-electron chi connectivity index (χ0n) is 14.3. The third-order valence-corrected chi connectivity index (χ3v) is 3.67. The Morgan fingerprint density at radius 2 is 1.70 bits per heavy atom. The van der Waals surface area contributed by atoms with Crippen LogP contribution in [0.4, 0.5) is 0 Å². The van der Waals surface area contributed by atoms with Crippen molar-refractivity contribution >= 4 is 0 Å². The molecule has 1 fully saturated rings. The number of aliphatic hydroxyl groups is 1. The Morgan fingerprint density at radius 1 is 1.10 bits per heavy atom. The number of aliphatic hydroxyl groups excluding tert-OH is 1. The van der Waals surface area contributed by atoms with Crippen molar-refractivity contribution in [2.24, 2.45) is 11.8 Å². The average molecular weight is 287 g/mol. The van der Waals surface area contributed by atoms with E-state index in [1.54, 1.807) is 0 Å². The van der Waals surface area contributed by atoms with Crippen LogP contribution in [0.2, 0.25) is 0 Å². The van der Waals surface area contributed by atoms with Crippen LogP contribution in [0.1, 0.15) is 52.9 Å². The summed E-state index contributed by atoms with van der Waals surface area (Å²) in [4.78, 5) is 0. The second-order valence-electron chi connectivity index (χ2n) is 6.48. The Bertz CT molecular complexity index is 206. The van der Waals surface area contributed by atoms with Crippen LogP contribution in [0.3, 0.4) is 0 Å². The topological polar surface area (TPSA) is 47.5 Å². The summed E-state index contributed by atoms with van der Waals surface area (Å²) in [5.74, 6) is 1.64. The summed E-state index contributed by atoms with van der Waals surface area (Å²) in [6, 6.07) is 0. The van der Waals surface area contributed by atoms with E-state index in [2.05, 4.69) is 31.5 Å². The monoisotopic (exact) mass is 287 g/mol. The maximum atomic E-state index is 9.52. The second-order valence-corrected chi connectivity index (χ2v) is 6.48. The molecule has 1 saturated carbocycles. The van der Waals surface area contributed by atoms with Crippen LogP contribution < -0.4 is 10.7 Å². The van der Waals surface area contributed by atoms with Crippen LogP contribution in [-0.4, -0.2) is 49.9 Å². The summed E-state index contributed by atoms with van der Waals surface area (Å²) in [6.07, 6.45) is 7.13. The van der Waals surface area contributed by atoms with E-state index in [1.807, 2.05) is 19.1 Å². The lowest BCUT2D eigenvalue weighted by Gasteiger charge is -2.25. The smallest absolute Gasteiger partial charge is 0.0805 e. The van der Waals surface area contributed by atoms with E-state index in [4.69, 9.17) is 0 Å². The van der Waals surface area contributed by atoms with Crippen molar-refractivity contribution in [2.45, 2.75) is 59.0 Å². The van der Waals surface area contributed by atoms with Gasteiger partial charge in [-0.25, -0.2) is 5.01 Å². The van der Waals surface area contributed by atoms with Crippen molar-refractivity contribution in [1.29, 1.82) is 0 Å². The zero-order chi connectivity index (χ0) is 15.4. The van der Waals surface area contributed by atoms with Crippen LogP contribution in [-0.2, 0) is 0 Å². The number of rotatable bonds is 7. The van der Waals surface area contributed by atoms with E-state index in [0.717, 1.165) is 12.5 Å². The summed E-state index contributed by atoms with van der Waals surface area (Å²) < 4.78 is 0. The van der Waals surface area contributed by atoms with Gasteiger partial charge >= 0.3 is 0 Å². The van der Waals surface area contributed by atoms with Gasteiger partial charge in [-0.05, 0) is 25.9 Å². The number of nitrogens with one attached hydrogen (secondary N) is 2. The standard InChI is InChI=1S/C9H23N3O.C7H14/c1-8(2)6-12(11-4)7-9(13)5-10-3;1-7-5-3-2-4-6-7/h8-11,13H,5-7H2,1-4H3;7H,2-6H2,1H3/t9-;/m1./s1. The van der Waals surface area contributed by atoms with E-state index >= 15 is 0 Å². The van der Waals surface area contributed by atoms with Gasteiger partial charge in [-0.1, -0.05) is 52.9 Å². The van der Waals surface area contributed by atoms with Gasteiger partial charge in [-0.15, -0.1) is 0 Å². The van der Waals surface area contributed by atoms with Gasteiger partial charge < -0.3 is 10.4 Å². The van der Waals surface area contributed by atoms with Crippen LogP contribution in [0.25, 0.3) is 0 Å². The average Bonchev–Trinajstić information content (AvgIpc) is 2.39. The lowest BCUT2D eigenvalue weighted by molar-refractivity contribution is 0.0810. The van der Waals surface area contributed by atoms with Gasteiger partial charge in [-0.3, -0.25) is 5.43 Å². The molecule has 122 valence electrons. The molecule has 1 atom stereocenters. The second kappa shape index (κ2) is 12.6. The van der Waals surface area contributed by atoms with Crippen molar-refractivity contribution < 1.29 is 5.11 Å². The number of likely N-dealkylation sites (N-methyl/N-ethyl adjacent to an activating group) is 1. The normalized spacial score (nSPS) is 18.0. The summed E-state index contributed by atoms with van der Waals surface area (Å²) in [5.41, 5.74) is 3.07. The van der Waals surface area contributed by atoms with Crippen molar-refractivity contribution in [1.82, 2.24) is 15.8 Å². The minimum atomic E-state index is -0.309. The predicted molar refractivity (Wildman–Crippen MR) is 87.7 cm³/mol. The molecular weight excluding hydrogens is 250 g/mol. The molecule has 0 heterocycles. The fourth-order valence-corrected chi connectivity index (χ4v) is 2.56. The molecule has 0 unspecified atom stereocenters. The first-order valence-electron chi connectivity index (χ1n) is 8.24. The molecular formula is C16H37N3O. The largest absolute Gasteiger partial charge is 0.390 e. The van der Waals surface area contributed by atoms with Crippen molar-refractivity contribution in [3.8, 4) is 0 Å². The van der Waals surface area contributed by atoms with Crippen LogP contribution in [0, 0.1) is 11.8 Å². The highest BCUT2D eigenvalue weighted by Crippen LogP contribution is 2.22. The lowest BCUT2D eigenvalue weighted by Crippen LogP contribution is -2.45. The number of nitrogens with zero attached hydrogens (tertiary/aromatic N) is 1. The first-order chi connectivity index (χ1) is 9.49. The van der Waals surface area contributed by atoms with Crippen molar-refractivity contribution in [2.75, 3.05) is 33.7 Å². The molecule has 0 aromatic rings. The first kappa shape index (κ1) is 19.8. The Hall–Kier alpha value is -0.160. The maximum Gasteiger partial charge on any atom is 0.0805 e. The Labute approximate surface area is 126 Å². The van der Waals surface area contributed by atoms with E-state index in [1.165, 1.54) is 32.1 Å². The van der Waals surface area contributed by atoms with Crippen LogP contribution in [0.5, 0.6) is 0 Å². The fraction of sp³-hybridized carbons (Fsp3) is 1.00. The molecule has 3 N–H and O–H groups in total. The Kier molecular flexibility index (Phi) is 12.5. The maximum absolute atomic E-state index is 9.52. The van der Waals surface area contributed by atoms with E-state index in [-0.39, 0.29) is 6.10 Å². The zero-order valence-corrected chi connectivity index (χ0v) is 14.3. The van der Waals surface area contributed by atoms with Crippen molar-refractivity contribution in [3.05, 3.63) is 0 Å². The lowest BCUT2D eigenvalue weighted by atomic mass is 9.91. The SMILES string of the molecule is CC1CCCCC1.CNC[C@@H](O)CN(CC(C)C)NC. The molecule has 0 aliphatic heterocycles. The van der Waals surface area contributed by atoms with Crippen molar-refractivity contribution in [3.63, 3.8) is 0 Å². The molecule has 0 spiro atoms. The van der Waals surface area contributed by atoms with Crippen LogP contribution in [0.15, 0.2) is 0 Å². The number of hydrogen-bond donors (Lipinski definition) is 3. The summed E-state index contributed by atoms with van der Waals surface area (Å²) in [7, 11) is 3.73. The predicted octanol–water partition coefficient (Wildman–Crippen LogP) is 2.25. The van der Waals surface area contributed by atoms with Gasteiger partial charge in [-0.2, -0.15) is 0 Å². The molecule has 0 amide bonds. The molecule has 4 nitrogen and oxygen atoms in total.